The highest BCUT2D eigenvalue weighted by Crippen LogP contribution is 2.38. The molecule has 0 aliphatic carbocycles. The normalized spacial score (nSPS) is 21.9. The van der Waals surface area contributed by atoms with Crippen molar-refractivity contribution in [2.45, 2.75) is 23.8 Å². The number of rotatable bonds is 3. The summed E-state index contributed by atoms with van der Waals surface area (Å²) in [6.45, 7) is 2.98. The maximum absolute atomic E-state index is 11.8. The zero-order chi connectivity index (χ0) is 12.4. The Bertz CT molecular complexity index is 424. The summed E-state index contributed by atoms with van der Waals surface area (Å²) in [7, 11) is 1.86. The number of hydrogen-bond acceptors (Lipinski definition) is 2. The lowest BCUT2D eigenvalue weighted by Gasteiger charge is -2.17. The Balaban J connectivity index is 2.05. The molecular formula is C13H16ClNOS. The Kier molecular flexibility index (Phi) is 4.00. The molecule has 2 atom stereocenters. The van der Waals surface area contributed by atoms with E-state index in [1.807, 2.05) is 31.3 Å². The van der Waals surface area contributed by atoms with Gasteiger partial charge in [0.2, 0.25) is 5.91 Å². The van der Waals surface area contributed by atoms with Gasteiger partial charge in [0.05, 0.1) is 5.25 Å². The summed E-state index contributed by atoms with van der Waals surface area (Å²) in [6.07, 6.45) is 0.939. The number of likely N-dealkylation sites (tertiary alicyclic amines) is 1. The molecular weight excluding hydrogens is 254 g/mol. The number of halogens is 1. The summed E-state index contributed by atoms with van der Waals surface area (Å²) in [5.41, 5.74) is 1.11. The number of hydrogen-bond donors (Lipinski definition) is 0. The first-order valence-corrected chi connectivity index (χ1v) is 7.06. The van der Waals surface area contributed by atoms with E-state index in [4.69, 9.17) is 11.6 Å². The van der Waals surface area contributed by atoms with Crippen LogP contribution >= 0.6 is 23.4 Å². The topological polar surface area (TPSA) is 20.3 Å². The minimum atomic E-state index is 0.0891. The summed E-state index contributed by atoms with van der Waals surface area (Å²) >= 11 is 7.87. The fourth-order valence-corrected chi connectivity index (χ4v) is 3.79. The fraction of sp³-hybridized carbons (Fsp3) is 0.462. The molecule has 92 valence electrons. The van der Waals surface area contributed by atoms with Gasteiger partial charge in [-0.25, -0.2) is 0 Å². The van der Waals surface area contributed by atoms with Crippen LogP contribution in [0.4, 0.5) is 0 Å². The number of thioether (sulfide) groups is 1. The van der Waals surface area contributed by atoms with E-state index in [-0.39, 0.29) is 16.4 Å². The van der Waals surface area contributed by atoms with Gasteiger partial charge in [-0.2, -0.15) is 0 Å². The third-order valence-corrected chi connectivity index (χ3v) is 4.86. The smallest absolute Gasteiger partial charge is 0.235 e. The van der Waals surface area contributed by atoms with Crippen molar-refractivity contribution in [1.29, 1.82) is 0 Å². The van der Waals surface area contributed by atoms with E-state index in [2.05, 4.69) is 6.92 Å². The van der Waals surface area contributed by atoms with E-state index < -0.39 is 0 Å². The van der Waals surface area contributed by atoms with Gasteiger partial charge in [0.25, 0.3) is 0 Å². The third-order valence-electron chi connectivity index (χ3n) is 3.09. The lowest BCUT2D eigenvalue weighted by atomic mass is 10.2. The highest BCUT2D eigenvalue weighted by Gasteiger charge is 2.31. The van der Waals surface area contributed by atoms with Crippen LogP contribution in [0.5, 0.6) is 0 Å². The second-order valence-electron chi connectivity index (χ2n) is 4.34. The molecule has 0 spiro atoms. The van der Waals surface area contributed by atoms with Crippen molar-refractivity contribution in [3.8, 4) is 0 Å². The monoisotopic (exact) mass is 269 g/mol. The van der Waals surface area contributed by atoms with Crippen molar-refractivity contribution in [3.05, 3.63) is 34.9 Å². The molecule has 0 aromatic heterocycles. The van der Waals surface area contributed by atoms with E-state index >= 15 is 0 Å². The Morgan fingerprint density at radius 2 is 2.18 bits per heavy atom. The maximum atomic E-state index is 11.8. The van der Waals surface area contributed by atoms with Crippen LogP contribution < -0.4 is 0 Å². The van der Waals surface area contributed by atoms with Gasteiger partial charge >= 0.3 is 0 Å². The van der Waals surface area contributed by atoms with Gasteiger partial charge in [-0.1, -0.05) is 29.8 Å². The highest BCUT2D eigenvalue weighted by atomic mass is 35.5. The van der Waals surface area contributed by atoms with Gasteiger partial charge in [0.1, 0.15) is 0 Å². The average Bonchev–Trinajstić information content (AvgIpc) is 2.61. The average molecular weight is 270 g/mol. The van der Waals surface area contributed by atoms with E-state index in [9.17, 15) is 4.79 Å². The molecule has 2 nitrogen and oxygen atoms in total. The predicted molar refractivity (Wildman–Crippen MR) is 73.5 cm³/mol. The summed E-state index contributed by atoms with van der Waals surface area (Å²) in [6, 6.07) is 7.85. The van der Waals surface area contributed by atoms with Crippen LogP contribution in [0.15, 0.2) is 24.3 Å². The Morgan fingerprint density at radius 3 is 2.76 bits per heavy atom. The SMILES string of the molecule is C[C@@H](S[C@@H]1CCN(C)C1=O)c1ccccc1Cl. The molecule has 1 amide bonds. The third kappa shape index (κ3) is 2.78. The summed E-state index contributed by atoms with van der Waals surface area (Å²) in [4.78, 5) is 13.6. The summed E-state index contributed by atoms with van der Waals surface area (Å²) < 4.78 is 0. The molecule has 0 bridgehead atoms. The molecule has 0 radical (unpaired) electrons. The quantitative estimate of drug-likeness (QED) is 0.839. The summed E-state index contributed by atoms with van der Waals surface area (Å²) in [5.74, 6) is 0.244. The van der Waals surface area contributed by atoms with Gasteiger partial charge < -0.3 is 4.90 Å². The van der Waals surface area contributed by atoms with E-state index in [1.54, 1.807) is 16.7 Å². The van der Waals surface area contributed by atoms with Crippen LogP contribution in [0, 0.1) is 0 Å². The van der Waals surface area contributed by atoms with Crippen LogP contribution in [0.3, 0.4) is 0 Å². The number of carbonyl (C=O) groups is 1. The van der Waals surface area contributed by atoms with Crippen molar-refractivity contribution < 1.29 is 4.79 Å². The van der Waals surface area contributed by atoms with Gasteiger partial charge in [0, 0.05) is 23.9 Å². The molecule has 1 aromatic carbocycles. The van der Waals surface area contributed by atoms with Crippen molar-refractivity contribution in [2.75, 3.05) is 13.6 Å². The number of amides is 1. The minimum Gasteiger partial charge on any atom is -0.345 e. The zero-order valence-electron chi connectivity index (χ0n) is 10.0. The molecule has 0 saturated carbocycles. The van der Waals surface area contributed by atoms with Crippen LogP contribution in [-0.2, 0) is 4.79 Å². The van der Waals surface area contributed by atoms with E-state index in [0.29, 0.717) is 0 Å². The number of nitrogens with zero attached hydrogens (tertiary/aromatic N) is 1. The lowest BCUT2D eigenvalue weighted by Crippen LogP contribution is -2.24. The first kappa shape index (κ1) is 12.8. The number of benzene rings is 1. The van der Waals surface area contributed by atoms with Gasteiger partial charge in [-0.05, 0) is 25.0 Å². The van der Waals surface area contributed by atoms with Crippen molar-refractivity contribution in [1.82, 2.24) is 4.90 Å². The van der Waals surface area contributed by atoms with Crippen LogP contribution in [0.25, 0.3) is 0 Å². The molecule has 17 heavy (non-hydrogen) atoms. The molecule has 1 heterocycles. The Hall–Kier alpha value is -0.670. The van der Waals surface area contributed by atoms with Crippen molar-refractivity contribution in [2.24, 2.45) is 0 Å². The second-order valence-corrected chi connectivity index (χ2v) is 6.29. The van der Waals surface area contributed by atoms with E-state index in [0.717, 1.165) is 23.6 Å². The zero-order valence-corrected chi connectivity index (χ0v) is 11.6. The van der Waals surface area contributed by atoms with Crippen LogP contribution in [0.2, 0.25) is 5.02 Å². The molecule has 0 N–H and O–H groups in total. The second kappa shape index (κ2) is 5.32. The molecule has 1 fully saturated rings. The van der Waals surface area contributed by atoms with Crippen molar-refractivity contribution in [3.63, 3.8) is 0 Å². The first-order chi connectivity index (χ1) is 8.09. The number of carbonyl (C=O) groups excluding carboxylic acids is 1. The maximum Gasteiger partial charge on any atom is 0.235 e. The molecule has 0 unspecified atom stereocenters. The largest absolute Gasteiger partial charge is 0.345 e. The fourth-order valence-electron chi connectivity index (χ4n) is 2.04. The van der Waals surface area contributed by atoms with Crippen molar-refractivity contribution >= 4 is 29.3 Å². The standard InChI is InChI=1S/C13H16ClNOS/c1-9(10-5-3-4-6-11(10)14)17-12-7-8-15(2)13(12)16/h3-6,9,12H,7-8H2,1-2H3/t9-,12-/m1/s1. The molecule has 1 aliphatic rings. The predicted octanol–water partition coefficient (Wildman–Crippen LogP) is 3.36. The molecule has 1 saturated heterocycles. The molecule has 4 heteroatoms. The first-order valence-electron chi connectivity index (χ1n) is 5.74. The lowest BCUT2D eigenvalue weighted by molar-refractivity contribution is -0.126. The molecule has 2 rings (SSSR count). The van der Waals surface area contributed by atoms with E-state index in [1.165, 1.54) is 0 Å². The highest BCUT2D eigenvalue weighted by molar-refractivity contribution is 8.00. The Labute approximate surface area is 111 Å². The van der Waals surface area contributed by atoms with Gasteiger partial charge in [-0.15, -0.1) is 11.8 Å². The van der Waals surface area contributed by atoms with Crippen LogP contribution in [-0.4, -0.2) is 29.6 Å². The Morgan fingerprint density at radius 1 is 1.47 bits per heavy atom. The van der Waals surface area contributed by atoms with Gasteiger partial charge in [-0.3, -0.25) is 4.79 Å². The van der Waals surface area contributed by atoms with Crippen LogP contribution in [0.1, 0.15) is 24.2 Å². The molecule has 1 aromatic rings. The molecule has 1 aliphatic heterocycles. The summed E-state index contributed by atoms with van der Waals surface area (Å²) in [5, 5.41) is 1.13. The van der Waals surface area contributed by atoms with Gasteiger partial charge in [0.15, 0.2) is 0 Å². The minimum absolute atomic E-state index is 0.0891.